The Labute approximate surface area is 124 Å². The zero-order valence-electron chi connectivity index (χ0n) is 10.7. The first-order valence-corrected chi connectivity index (χ1v) is 6.80. The third-order valence-electron chi connectivity index (χ3n) is 2.87. The van der Waals surface area contributed by atoms with E-state index in [-0.39, 0.29) is 0 Å². The van der Waals surface area contributed by atoms with Crippen LogP contribution in [0.4, 0.5) is 0 Å². The molecule has 100 valence electrons. The van der Waals surface area contributed by atoms with E-state index in [1.54, 1.807) is 7.11 Å². The van der Waals surface area contributed by atoms with Gasteiger partial charge in [-0.25, -0.2) is 0 Å². The lowest BCUT2D eigenvalue weighted by molar-refractivity contribution is 0.415. The summed E-state index contributed by atoms with van der Waals surface area (Å²) >= 11 is 3.47. The third-order valence-corrected chi connectivity index (χ3v) is 3.56. The molecule has 0 aliphatic rings. The average molecular weight is 331 g/mol. The molecule has 1 heterocycles. The quantitative estimate of drug-likeness (QED) is 0.723. The number of aromatic nitrogens is 2. The maximum atomic E-state index is 5.72. The van der Waals surface area contributed by atoms with Gasteiger partial charge in [-0.1, -0.05) is 12.1 Å². The van der Waals surface area contributed by atoms with E-state index < -0.39 is 0 Å². The second-order valence-corrected chi connectivity index (χ2v) is 4.98. The van der Waals surface area contributed by atoms with Crippen molar-refractivity contribution in [3.8, 4) is 28.7 Å². The van der Waals surface area contributed by atoms with E-state index in [1.807, 2.05) is 48.5 Å². The van der Waals surface area contributed by atoms with Gasteiger partial charge in [-0.2, -0.15) is 0 Å². The van der Waals surface area contributed by atoms with Crippen LogP contribution in [0.5, 0.6) is 5.75 Å². The van der Waals surface area contributed by atoms with Crippen LogP contribution in [-0.2, 0) is 0 Å². The molecule has 0 N–H and O–H groups in total. The van der Waals surface area contributed by atoms with Crippen LogP contribution in [0, 0.1) is 0 Å². The van der Waals surface area contributed by atoms with Crippen LogP contribution < -0.4 is 4.74 Å². The van der Waals surface area contributed by atoms with Gasteiger partial charge in [0.25, 0.3) is 0 Å². The second-order valence-electron chi connectivity index (χ2n) is 4.12. The molecule has 0 radical (unpaired) electrons. The van der Waals surface area contributed by atoms with E-state index in [0.717, 1.165) is 21.3 Å². The van der Waals surface area contributed by atoms with Gasteiger partial charge in [0, 0.05) is 10.0 Å². The molecule has 0 amide bonds. The molecule has 0 saturated carbocycles. The third kappa shape index (κ3) is 2.44. The summed E-state index contributed by atoms with van der Waals surface area (Å²) in [7, 11) is 1.63. The van der Waals surface area contributed by atoms with Gasteiger partial charge in [0.05, 0.1) is 12.7 Å². The maximum Gasteiger partial charge on any atom is 0.249 e. The average Bonchev–Trinajstić information content (AvgIpc) is 2.97. The number of nitrogens with zero attached hydrogens (tertiary/aromatic N) is 2. The summed E-state index contributed by atoms with van der Waals surface area (Å²) in [6, 6.07) is 15.2. The van der Waals surface area contributed by atoms with Crippen molar-refractivity contribution in [2.75, 3.05) is 7.11 Å². The Morgan fingerprint density at radius 3 is 2.35 bits per heavy atom. The lowest BCUT2D eigenvalue weighted by atomic mass is 10.2. The molecule has 0 aliphatic heterocycles. The van der Waals surface area contributed by atoms with E-state index in [2.05, 4.69) is 26.1 Å². The van der Waals surface area contributed by atoms with Gasteiger partial charge in [-0.15, -0.1) is 10.2 Å². The summed E-state index contributed by atoms with van der Waals surface area (Å²) in [6.45, 7) is 0. The summed E-state index contributed by atoms with van der Waals surface area (Å²) in [5.41, 5.74) is 1.73. The van der Waals surface area contributed by atoms with E-state index >= 15 is 0 Å². The van der Waals surface area contributed by atoms with Crippen molar-refractivity contribution in [1.82, 2.24) is 10.2 Å². The van der Waals surface area contributed by atoms with Gasteiger partial charge < -0.3 is 9.15 Å². The Hall–Kier alpha value is -2.14. The molecule has 0 spiro atoms. The molecule has 1 aromatic heterocycles. The SMILES string of the molecule is COc1ccc(-c2nnc(-c3ccccc3Br)o2)cc1. The first-order chi connectivity index (χ1) is 9.78. The van der Waals surface area contributed by atoms with Crippen molar-refractivity contribution >= 4 is 15.9 Å². The highest BCUT2D eigenvalue weighted by molar-refractivity contribution is 9.10. The molecule has 0 bridgehead atoms. The fourth-order valence-electron chi connectivity index (χ4n) is 1.82. The summed E-state index contributed by atoms with van der Waals surface area (Å²) in [5.74, 6) is 1.76. The summed E-state index contributed by atoms with van der Waals surface area (Å²) < 4.78 is 11.8. The molecule has 0 fully saturated rings. The largest absolute Gasteiger partial charge is 0.497 e. The molecule has 0 aliphatic carbocycles. The number of hydrogen-bond acceptors (Lipinski definition) is 4. The minimum Gasteiger partial charge on any atom is -0.497 e. The van der Waals surface area contributed by atoms with Crippen LogP contribution in [0.3, 0.4) is 0 Å². The number of rotatable bonds is 3. The smallest absolute Gasteiger partial charge is 0.249 e. The zero-order chi connectivity index (χ0) is 13.9. The zero-order valence-corrected chi connectivity index (χ0v) is 12.3. The van der Waals surface area contributed by atoms with Crippen LogP contribution in [0.25, 0.3) is 22.9 Å². The summed E-state index contributed by atoms with van der Waals surface area (Å²) in [4.78, 5) is 0. The molecule has 3 aromatic rings. The Bertz CT molecular complexity index is 723. The van der Waals surface area contributed by atoms with Crippen LogP contribution in [0.1, 0.15) is 0 Å². The monoisotopic (exact) mass is 330 g/mol. The van der Waals surface area contributed by atoms with Gasteiger partial charge in [0.15, 0.2) is 0 Å². The van der Waals surface area contributed by atoms with Crippen molar-refractivity contribution in [2.45, 2.75) is 0 Å². The van der Waals surface area contributed by atoms with Crippen LogP contribution in [0.15, 0.2) is 57.4 Å². The summed E-state index contributed by atoms with van der Waals surface area (Å²) in [6.07, 6.45) is 0. The lowest BCUT2D eigenvalue weighted by Gasteiger charge is -1.99. The Morgan fingerprint density at radius 2 is 1.65 bits per heavy atom. The first-order valence-electron chi connectivity index (χ1n) is 6.01. The van der Waals surface area contributed by atoms with Crippen molar-refractivity contribution < 1.29 is 9.15 Å². The molecular formula is C15H11BrN2O2. The molecule has 0 atom stereocenters. The second kappa shape index (κ2) is 5.46. The van der Waals surface area contributed by atoms with Crippen LogP contribution in [0.2, 0.25) is 0 Å². The van der Waals surface area contributed by atoms with Gasteiger partial charge in [-0.05, 0) is 52.3 Å². The van der Waals surface area contributed by atoms with E-state index in [4.69, 9.17) is 9.15 Å². The van der Waals surface area contributed by atoms with Gasteiger partial charge >= 0.3 is 0 Å². The van der Waals surface area contributed by atoms with E-state index in [1.165, 1.54) is 0 Å². The normalized spacial score (nSPS) is 10.5. The minimum absolute atomic E-state index is 0.485. The number of ether oxygens (including phenoxy) is 1. The van der Waals surface area contributed by atoms with E-state index in [9.17, 15) is 0 Å². The first kappa shape index (κ1) is 12.9. The van der Waals surface area contributed by atoms with Crippen LogP contribution in [-0.4, -0.2) is 17.3 Å². The lowest BCUT2D eigenvalue weighted by Crippen LogP contribution is -1.82. The predicted molar refractivity (Wildman–Crippen MR) is 79.4 cm³/mol. The Morgan fingerprint density at radius 1 is 0.950 bits per heavy atom. The Kier molecular flexibility index (Phi) is 3.52. The fraction of sp³-hybridized carbons (Fsp3) is 0.0667. The van der Waals surface area contributed by atoms with Crippen molar-refractivity contribution in [3.63, 3.8) is 0 Å². The molecule has 4 nitrogen and oxygen atoms in total. The molecule has 3 rings (SSSR count). The van der Waals surface area contributed by atoms with E-state index in [0.29, 0.717) is 11.8 Å². The molecule has 5 heteroatoms. The number of hydrogen-bond donors (Lipinski definition) is 0. The van der Waals surface area contributed by atoms with Crippen molar-refractivity contribution in [3.05, 3.63) is 53.0 Å². The van der Waals surface area contributed by atoms with Crippen molar-refractivity contribution in [2.24, 2.45) is 0 Å². The molecule has 0 unspecified atom stereocenters. The molecular weight excluding hydrogens is 320 g/mol. The topological polar surface area (TPSA) is 48.2 Å². The Balaban J connectivity index is 1.95. The fourth-order valence-corrected chi connectivity index (χ4v) is 2.27. The number of halogens is 1. The van der Waals surface area contributed by atoms with Gasteiger partial charge in [0.1, 0.15) is 5.75 Å². The van der Waals surface area contributed by atoms with Gasteiger partial charge in [-0.3, -0.25) is 0 Å². The number of methoxy groups -OCH3 is 1. The minimum atomic E-state index is 0.485. The maximum absolute atomic E-state index is 5.72. The highest BCUT2D eigenvalue weighted by Gasteiger charge is 2.12. The highest BCUT2D eigenvalue weighted by Crippen LogP contribution is 2.29. The van der Waals surface area contributed by atoms with Crippen LogP contribution >= 0.6 is 15.9 Å². The van der Waals surface area contributed by atoms with Crippen molar-refractivity contribution in [1.29, 1.82) is 0 Å². The predicted octanol–water partition coefficient (Wildman–Crippen LogP) is 4.17. The summed E-state index contributed by atoms with van der Waals surface area (Å²) in [5, 5.41) is 8.17. The molecule has 20 heavy (non-hydrogen) atoms. The standard InChI is InChI=1S/C15H11BrN2O2/c1-19-11-8-6-10(7-9-11)14-17-18-15(20-14)12-4-2-3-5-13(12)16/h2-9H,1H3. The molecule has 2 aromatic carbocycles. The van der Waals surface area contributed by atoms with Gasteiger partial charge in [0.2, 0.25) is 11.8 Å². The highest BCUT2D eigenvalue weighted by atomic mass is 79.9. The number of benzene rings is 2. The molecule has 0 saturated heterocycles.